The van der Waals surface area contributed by atoms with Gasteiger partial charge in [0.05, 0.1) is 21.7 Å². The van der Waals surface area contributed by atoms with E-state index in [1.807, 2.05) is 39.5 Å². The van der Waals surface area contributed by atoms with Crippen molar-refractivity contribution < 1.29 is 0 Å². The van der Waals surface area contributed by atoms with E-state index in [9.17, 15) is 4.79 Å². The third-order valence-electron chi connectivity index (χ3n) is 6.84. The second kappa shape index (κ2) is 8.46. The predicted molar refractivity (Wildman–Crippen MR) is 135 cm³/mol. The number of benzene rings is 2. The molecule has 3 heterocycles. The molecule has 1 N–H and O–H groups in total. The van der Waals surface area contributed by atoms with Gasteiger partial charge in [-0.1, -0.05) is 43.6 Å². The molecule has 0 saturated heterocycles. The molecule has 1 aliphatic rings. The minimum atomic E-state index is -0.0707. The van der Waals surface area contributed by atoms with Gasteiger partial charge in [0.2, 0.25) is 0 Å². The highest BCUT2D eigenvalue weighted by atomic mass is 35.5. The molecule has 0 amide bonds. The number of hydrogen-bond donors (Lipinski definition) is 1. The van der Waals surface area contributed by atoms with Crippen LogP contribution >= 0.6 is 11.6 Å². The average Bonchev–Trinajstić information content (AvgIpc) is 3.40. The zero-order valence-electron chi connectivity index (χ0n) is 19.4. The van der Waals surface area contributed by atoms with Gasteiger partial charge < -0.3 is 4.98 Å². The summed E-state index contributed by atoms with van der Waals surface area (Å²) in [6.07, 6.45) is 4.74. The maximum absolute atomic E-state index is 12.9. The van der Waals surface area contributed by atoms with Gasteiger partial charge in [0, 0.05) is 18.2 Å². The first kappa shape index (κ1) is 21.7. The van der Waals surface area contributed by atoms with Gasteiger partial charge in [0.1, 0.15) is 17.8 Å². The Morgan fingerprint density at radius 2 is 1.91 bits per heavy atom. The van der Waals surface area contributed by atoms with Crippen LogP contribution in [-0.2, 0) is 0 Å². The number of rotatable bonds is 5. The number of aromatic amines is 1. The van der Waals surface area contributed by atoms with Gasteiger partial charge in [-0.3, -0.25) is 9.13 Å². The molecule has 0 unspecified atom stereocenters. The standard InChI is InChI=1S/C26H24ClN7O/c1-15(2)16-7-8-23-21(13-16)30-26(35)33(23)18-11-17(12-18)24-31-32-25(20-9-10-28-14-29-20)34(24)22-6-4-3-5-19(22)27/h3-10,13-15,17-18H,11-12H2,1-2H3,(H,30,35). The van der Waals surface area contributed by atoms with E-state index in [1.54, 1.807) is 6.20 Å². The van der Waals surface area contributed by atoms with Gasteiger partial charge in [-0.2, -0.15) is 0 Å². The van der Waals surface area contributed by atoms with Crippen molar-refractivity contribution in [3.63, 3.8) is 0 Å². The van der Waals surface area contributed by atoms with Gasteiger partial charge in [0.15, 0.2) is 5.82 Å². The molecule has 2 aromatic carbocycles. The minimum absolute atomic E-state index is 0.0707. The van der Waals surface area contributed by atoms with Crippen LogP contribution in [-0.4, -0.2) is 34.3 Å². The van der Waals surface area contributed by atoms with Crippen molar-refractivity contribution in [1.82, 2.24) is 34.3 Å². The summed E-state index contributed by atoms with van der Waals surface area (Å²) in [4.78, 5) is 24.3. The molecular weight excluding hydrogens is 462 g/mol. The highest BCUT2D eigenvalue weighted by molar-refractivity contribution is 6.32. The number of H-pyrrole nitrogens is 1. The molecule has 35 heavy (non-hydrogen) atoms. The maximum Gasteiger partial charge on any atom is 0.326 e. The molecule has 1 saturated carbocycles. The highest BCUT2D eigenvalue weighted by Gasteiger charge is 2.38. The Labute approximate surface area is 206 Å². The quantitative estimate of drug-likeness (QED) is 0.366. The molecule has 3 aromatic heterocycles. The summed E-state index contributed by atoms with van der Waals surface area (Å²) >= 11 is 6.59. The average molecular weight is 486 g/mol. The highest BCUT2D eigenvalue weighted by Crippen LogP contribution is 2.46. The molecule has 9 heteroatoms. The first-order valence-corrected chi connectivity index (χ1v) is 12.1. The minimum Gasteiger partial charge on any atom is -0.306 e. The van der Waals surface area contributed by atoms with Crippen LogP contribution in [0.1, 0.15) is 56.0 Å². The second-order valence-corrected chi connectivity index (χ2v) is 9.72. The molecule has 5 aromatic rings. The van der Waals surface area contributed by atoms with Gasteiger partial charge >= 0.3 is 5.69 Å². The molecule has 0 bridgehead atoms. The molecule has 0 aliphatic heterocycles. The summed E-state index contributed by atoms with van der Waals surface area (Å²) in [5, 5.41) is 9.64. The Morgan fingerprint density at radius 3 is 2.66 bits per heavy atom. The van der Waals surface area contributed by atoms with Gasteiger partial charge in [-0.15, -0.1) is 10.2 Å². The van der Waals surface area contributed by atoms with Crippen LogP contribution in [0.15, 0.2) is 65.8 Å². The maximum atomic E-state index is 12.9. The second-order valence-electron chi connectivity index (χ2n) is 9.32. The third-order valence-corrected chi connectivity index (χ3v) is 7.16. The van der Waals surface area contributed by atoms with E-state index < -0.39 is 0 Å². The fraction of sp³-hybridized carbons (Fsp3) is 0.269. The molecule has 0 spiro atoms. The normalized spacial score (nSPS) is 17.7. The number of imidazole rings is 1. The summed E-state index contributed by atoms with van der Waals surface area (Å²) in [6.45, 7) is 4.30. The van der Waals surface area contributed by atoms with Crippen molar-refractivity contribution in [2.75, 3.05) is 0 Å². The summed E-state index contributed by atoms with van der Waals surface area (Å²) in [7, 11) is 0. The lowest BCUT2D eigenvalue weighted by molar-refractivity contribution is 0.254. The van der Waals surface area contributed by atoms with E-state index in [-0.39, 0.29) is 17.6 Å². The first-order valence-electron chi connectivity index (χ1n) is 11.7. The largest absolute Gasteiger partial charge is 0.326 e. The Bertz CT molecular complexity index is 1580. The fourth-order valence-corrected chi connectivity index (χ4v) is 5.12. The van der Waals surface area contributed by atoms with Gasteiger partial charge in [-0.25, -0.2) is 14.8 Å². The van der Waals surface area contributed by atoms with E-state index in [1.165, 1.54) is 11.9 Å². The van der Waals surface area contributed by atoms with E-state index >= 15 is 0 Å². The van der Waals surface area contributed by atoms with Crippen LogP contribution in [0, 0.1) is 0 Å². The van der Waals surface area contributed by atoms with Crippen LogP contribution < -0.4 is 5.69 Å². The smallest absolute Gasteiger partial charge is 0.306 e. The third kappa shape index (κ3) is 3.65. The monoisotopic (exact) mass is 485 g/mol. The molecule has 0 atom stereocenters. The lowest BCUT2D eigenvalue weighted by Crippen LogP contribution is -2.32. The van der Waals surface area contributed by atoms with Gasteiger partial charge in [0.25, 0.3) is 0 Å². The van der Waals surface area contributed by atoms with Crippen molar-refractivity contribution in [1.29, 1.82) is 0 Å². The Morgan fingerprint density at radius 1 is 1.09 bits per heavy atom. The number of nitrogens with zero attached hydrogens (tertiary/aromatic N) is 6. The first-order chi connectivity index (χ1) is 17.0. The number of halogens is 1. The van der Waals surface area contributed by atoms with E-state index in [2.05, 4.69) is 57.2 Å². The number of aromatic nitrogens is 7. The molecule has 1 aliphatic carbocycles. The zero-order valence-corrected chi connectivity index (χ0v) is 20.1. The number of hydrogen-bond acceptors (Lipinski definition) is 5. The van der Waals surface area contributed by atoms with Crippen molar-refractivity contribution in [3.05, 3.63) is 87.9 Å². The summed E-state index contributed by atoms with van der Waals surface area (Å²) in [5.74, 6) is 1.97. The lowest BCUT2D eigenvalue weighted by atomic mass is 9.79. The van der Waals surface area contributed by atoms with Gasteiger partial charge in [-0.05, 0) is 54.7 Å². The molecular formula is C26H24ClN7O. The van der Waals surface area contributed by atoms with E-state index in [4.69, 9.17) is 11.6 Å². The molecule has 8 nitrogen and oxygen atoms in total. The van der Waals surface area contributed by atoms with Crippen molar-refractivity contribution in [2.24, 2.45) is 0 Å². The van der Waals surface area contributed by atoms with Crippen LogP contribution in [0.3, 0.4) is 0 Å². The van der Waals surface area contributed by atoms with Crippen LogP contribution in [0.4, 0.5) is 0 Å². The summed E-state index contributed by atoms with van der Waals surface area (Å²) in [5.41, 5.74) is 4.44. The lowest BCUT2D eigenvalue weighted by Gasteiger charge is -2.35. The SMILES string of the molecule is CC(C)c1ccc2c(c1)[nH]c(=O)n2C1CC(c2nnc(-c3ccncn3)n2-c2ccccc2Cl)C1. The number of nitrogens with one attached hydrogen (secondary N) is 1. The van der Waals surface area contributed by atoms with Crippen LogP contribution in [0.2, 0.25) is 5.02 Å². The van der Waals surface area contributed by atoms with Crippen molar-refractivity contribution >= 4 is 22.6 Å². The number of fused-ring (bicyclic) bond motifs is 1. The topological polar surface area (TPSA) is 94.3 Å². The van der Waals surface area contributed by atoms with E-state index in [0.717, 1.165) is 35.4 Å². The number of para-hydroxylation sites is 1. The van der Waals surface area contributed by atoms with Crippen molar-refractivity contribution in [3.8, 4) is 17.2 Å². The Hall–Kier alpha value is -3.78. The van der Waals surface area contributed by atoms with Crippen LogP contribution in [0.5, 0.6) is 0 Å². The fourth-order valence-electron chi connectivity index (χ4n) is 4.90. The Kier molecular flexibility index (Phi) is 5.25. The summed E-state index contributed by atoms with van der Waals surface area (Å²) in [6, 6.07) is 15.8. The van der Waals surface area contributed by atoms with E-state index in [0.29, 0.717) is 22.5 Å². The molecule has 0 radical (unpaired) electrons. The predicted octanol–water partition coefficient (Wildman–Crippen LogP) is 5.26. The molecule has 176 valence electrons. The van der Waals surface area contributed by atoms with Crippen LogP contribution in [0.25, 0.3) is 28.2 Å². The Balaban J connectivity index is 1.36. The zero-order chi connectivity index (χ0) is 24.1. The summed E-state index contributed by atoms with van der Waals surface area (Å²) < 4.78 is 3.87. The van der Waals surface area contributed by atoms with Crippen molar-refractivity contribution in [2.45, 2.75) is 44.6 Å². The molecule has 1 fully saturated rings. The molecule has 6 rings (SSSR count).